The molecule has 0 aliphatic heterocycles. The maximum absolute atomic E-state index is 13.9. The maximum Gasteiger partial charge on any atom is 0.408 e. The van der Waals surface area contributed by atoms with E-state index < -0.39 is 36.3 Å². The molecule has 2 rings (SSSR count). The molecule has 0 heterocycles. The van der Waals surface area contributed by atoms with Gasteiger partial charge >= 0.3 is 6.09 Å². The van der Waals surface area contributed by atoms with Crippen molar-refractivity contribution in [3.8, 4) is 0 Å². The monoisotopic (exact) mass is 511 g/mol. The highest BCUT2D eigenvalue weighted by Crippen LogP contribution is 2.29. The molecule has 0 radical (unpaired) electrons. The van der Waals surface area contributed by atoms with Crippen LogP contribution in [-0.2, 0) is 20.9 Å². The molecule has 3 unspecified atom stereocenters. The lowest BCUT2D eigenvalue weighted by atomic mass is 9.94. The summed E-state index contributed by atoms with van der Waals surface area (Å²) in [5.41, 5.74) is 2.64. The predicted octanol–water partition coefficient (Wildman–Crippen LogP) is 4.17. The molecule has 0 aliphatic rings. The van der Waals surface area contributed by atoms with E-state index in [0.29, 0.717) is 18.5 Å². The second-order valence-electron chi connectivity index (χ2n) is 10.4. The molecule has 0 bridgehead atoms. The van der Waals surface area contributed by atoms with Crippen molar-refractivity contribution in [1.29, 1.82) is 0 Å². The number of hydrogen-bond acceptors (Lipinski definition) is 5. The highest BCUT2D eigenvalue weighted by molar-refractivity contribution is 5.92. The van der Waals surface area contributed by atoms with Crippen LogP contribution in [0.5, 0.6) is 0 Å². The predicted molar refractivity (Wildman–Crippen MR) is 144 cm³/mol. The van der Waals surface area contributed by atoms with E-state index >= 15 is 0 Å². The summed E-state index contributed by atoms with van der Waals surface area (Å²) in [5, 5.41) is 15.5. The molecule has 0 saturated heterocycles. The quantitative estimate of drug-likeness (QED) is 0.444. The normalized spacial score (nSPS) is 13.7. The molecular weight excluding hydrogens is 470 g/mol. The summed E-state index contributed by atoms with van der Waals surface area (Å²) in [6, 6.07) is 12.7. The van der Waals surface area contributed by atoms with Gasteiger partial charge in [-0.3, -0.25) is 9.59 Å². The minimum absolute atomic E-state index is 0.295. The molecule has 202 valence electrons. The number of nitrogens with one attached hydrogen (secondary N) is 2. The highest BCUT2D eigenvalue weighted by Gasteiger charge is 2.39. The Morgan fingerprint density at radius 3 is 2.27 bits per heavy atom. The molecule has 3 amide bonds. The fraction of sp³-hybridized carbons (Fsp3) is 0.483. The van der Waals surface area contributed by atoms with E-state index in [0.717, 1.165) is 16.7 Å². The number of alkyl carbamates (subject to hydrolysis) is 1. The number of benzene rings is 2. The van der Waals surface area contributed by atoms with Crippen LogP contribution < -0.4 is 10.6 Å². The Kier molecular flexibility index (Phi) is 10.7. The van der Waals surface area contributed by atoms with E-state index in [4.69, 9.17) is 4.74 Å². The number of carbonyl (C=O) groups is 3. The second-order valence-corrected chi connectivity index (χ2v) is 10.4. The summed E-state index contributed by atoms with van der Waals surface area (Å²) in [4.78, 5) is 41.6. The van der Waals surface area contributed by atoms with Gasteiger partial charge in [-0.1, -0.05) is 61.0 Å². The molecule has 2 aromatic rings. The number of aryl methyl sites for hydroxylation is 2. The summed E-state index contributed by atoms with van der Waals surface area (Å²) in [6.45, 7) is 12.4. The van der Waals surface area contributed by atoms with Gasteiger partial charge in [0.2, 0.25) is 11.8 Å². The average Bonchev–Trinajstić information content (AvgIpc) is 2.84. The van der Waals surface area contributed by atoms with Crippen molar-refractivity contribution in [2.24, 2.45) is 0 Å². The Morgan fingerprint density at radius 1 is 1.05 bits per heavy atom. The van der Waals surface area contributed by atoms with E-state index in [-0.39, 0.29) is 11.9 Å². The molecule has 3 atom stereocenters. The van der Waals surface area contributed by atoms with Gasteiger partial charge in [0.25, 0.3) is 0 Å². The third-order valence-corrected chi connectivity index (χ3v) is 6.06. The molecule has 3 N–H and O–H groups in total. The van der Waals surface area contributed by atoms with Gasteiger partial charge in [0.15, 0.2) is 0 Å². The number of amides is 3. The van der Waals surface area contributed by atoms with Gasteiger partial charge < -0.3 is 25.4 Å². The lowest BCUT2D eigenvalue weighted by Crippen LogP contribution is -2.56. The van der Waals surface area contributed by atoms with E-state index in [1.807, 2.05) is 76.2 Å². The lowest BCUT2D eigenvalue weighted by molar-refractivity contribution is -0.146. The van der Waals surface area contributed by atoms with Crippen LogP contribution in [0.1, 0.15) is 69.3 Å². The minimum atomic E-state index is -1.28. The van der Waals surface area contributed by atoms with Crippen molar-refractivity contribution < 1.29 is 24.2 Å². The van der Waals surface area contributed by atoms with Crippen molar-refractivity contribution in [1.82, 2.24) is 15.5 Å². The van der Waals surface area contributed by atoms with E-state index in [1.54, 1.807) is 20.8 Å². The summed E-state index contributed by atoms with van der Waals surface area (Å²) in [5.74, 6) is -0.913. The Bertz CT molecular complexity index is 1060. The van der Waals surface area contributed by atoms with Crippen LogP contribution >= 0.6 is 0 Å². The molecule has 0 aliphatic carbocycles. The Hall–Kier alpha value is -3.39. The van der Waals surface area contributed by atoms with Crippen LogP contribution in [0.4, 0.5) is 4.79 Å². The first-order valence-electron chi connectivity index (χ1n) is 12.7. The first-order chi connectivity index (χ1) is 17.4. The van der Waals surface area contributed by atoms with Gasteiger partial charge in [-0.2, -0.15) is 0 Å². The smallest absolute Gasteiger partial charge is 0.408 e. The summed E-state index contributed by atoms with van der Waals surface area (Å²) < 4.78 is 5.29. The van der Waals surface area contributed by atoms with Gasteiger partial charge in [-0.25, -0.2) is 4.79 Å². The number of rotatable bonds is 10. The van der Waals surface area contributed by atoms with Crippen LogP contribution in [0.15, 0.2) is 48.5 Å². The van der Waals surface area contributed by atoms with Crippen LogP contribution in [-0.4, -0.2) is 52.2 Å². The summed E-state index contributed by atoms with van der Waals surface area (Å²) in [6.07, 6.45) is -0.260. The molecule has 0 aromatic heterocycles. The second kappa shape index (κ2) is 13.2. The molecule has 8 heteroatoms. The zero-order valence-electron chi connectivity index (χ0n) is 23.0. The molecule has 0 saturated carbocycles. The number of nitrogens with zero attached hydrogens (tertiary/aromatic N) is 1. The van der Waals surface area contributed by atoms with Crippen LogP contribution in [0, 0.1) is 13.8 Å². The van der Waals surface area contributed by atoms with Crippen molar-refractivity contribution in [2.75, 3.05) is 6.61 Å². The third kappa shape index (κ3) is 8.60. The maximum atomic E-state index is 13.9. The van der Waals surface area contributed by atoms with Gasteiger partial charge in [-0.05, 0) is 64.7 Å². The fourth-order valence-electron chi connectivity index (χ4n) is 3.96. The highest BCUT2D eigenvalue weighted by atomic mass is 16.6. The lowest BCUT2D eigenvalue weighted by Gasteiger charge is -2.38. The van der Waals surface area contributed by atoms with Crippen LogP contribution in [0.3, 0.4) is 0 Å². The van der Waals surface area contributed by atoms with E-state index in [1.165, 1.54) is 4.90 Å². The number of carbonyl (C=O) groups excluding carboxylic acids is 3. The number of aliphatic hydroxyl groups is 1. The standard InChI is InChI=1S/C29H41N3O5/c1-8-21(4)32(27(35)24(18-33)31-28(36)37-29(5,6)7)25(23-16-19(2)14-15-20(23)3)26(34)30-17-22-12-10-9-11-13-22/h9-16,21,24-25,33H,8,17-18H2,1-7H3,(H,30,34)(H,31,36). The van der Waals surface area contributed by atoms with E-state index in [9.17, 15) is 19.5 Å². The topological polar surface area (TPSA) is 108 Å². The van der Waals surface area contributed by atoms with Gasteiger partial charge in [0, 0.05) is 12.6 Å². The minimum Gasteiger partial charge on any atom is -0.444 e. The molecule has 2 aromatic carbocycles. The Labute approximate surface area is 220 Å². The van der Waals surface area contributed by atoms with Gasteiger partial charge in [-0.15, -0.1) is 0 Å². The Balaban J connectivity index is 2.49. The van der Waals surface area contributed by atoms with Gasteiger partial charge in [0.1, 0.15) is 17.7 Å². The van der Waals surface area contributed by atoms with Crippen molar-refractivity contribution in [3.63, 3.8) is 0 Å². The zero-order valence-corrected chi connectivity index (χ0v) is 23.0. The van der Waals surface area contributed by atoms with E-state index in [2.05, 4.69) is 10.6 Å². The number of aliphatic hydroxyl groups excluding tert-OH is 1. The zero-order chi connectivity index (χ0) is 27.8. The average molecular weight is 512 g/mol. The third-order valence-electron chi connectivity index (χ3n) is 6.06. The molecule has 0 fully saturated rings. The number of hydrogen-bond donors (Lipinski definition) is 3. The molecule has 0 spiro atoms. The first kappa shape index (κ1) is 29.8. The van der Waals surface area contributed by atoms with Crippen LogP contribution in [0.25, 0.3) is 0 Å². The number of ether oxygens (including phenoxy) is 1. The SMILES string of the molecule is CCC(C)N(C(=O)C(CO)NC(=O)OC(C)(C)C)C(C(=O)NCc1ccccc1)c1cc(C)ccc1C. The van der Waals surface area contributed by atoms with Crippen LogP contribution in [0.2, 0.25) is 0 Å². The van der Waals surface area contributed by atoms with Gasteiger partial charge in [0.05, 0.1) is 6.61 Å². The summed E-state index contributed by atoms with van der Waals surface area (Å²) >= 11 is 0. The fourth-order valence-corrected chi connectivity index (χ4v) is 3.96. The molecule has 8 nitrogen and oxygen atoms in total. The summed E-state index contributed by atoms with van der Waals surface area (Å²) in [7, 11) is 0. The molecule has 37 heavy (non-hydrogen) atoms. The molecular formula is C29H41N3O5. The largest absolute Gasteiger partial charge is 0.444 e. The van der Waals surface area contributed by atoms with Crippen molar-refractivity contribution in [3.05, 3.63) is 70.8 Å². The van der Waals surface area contributed by atoms with Crippen molar-refractivity contribution >= 4 is 17.9 Å². The van der Waals surface area contributed by atoms with Crippen molar-refractivity contribution in [2.45, 2.75) is 85.2 Å². The Morgan fingerprint density at radius 2 is 1.70 bits per heavy atom. The first-order valence-corrected chi connectivity index (χ1v) is 12.7.